The molecule has 1 aliphatic rings. The smallest absolute Gasteiger partial charge is 0.142 e. The SMILES string of the molecule is COCc1noc2c1CNCC2. The van der Waals surface area contributed by atoms with Gasteiger partial charge < -0.3 is 14.6 Å². The van der Waals surface area contributed by atoms with Gasteiger partial charge in [0.05, 0.1) is 6.61 Å². The number of hydrogen-bond acceptors (Lipinski definition) is 4. The molecule has 1 aliphatic heterocycles. The van der Waals surface area contributed by atoms with Crippen LogP contribution in [0.4, 0.5) is 0 Å². The fraction of sp³-hybridized carbons (Fsp3) is 0.625. The highest BCUT2D eigenvalue weighted by Gasteiger charge is 2.18. The largest absolute Gasteiger partial charge is 0.378 e. The molecular weight excluding hydrogens is 156 g/mol. The van der Waals surface area contributed by atoms with Crippen LogP contribution in [-0.4, -0.2) is 18.8 Å². The third-order valence-electron chi connectivity index (χ3n) is 2.06. The van der Waals surface area contributed by atoms with Crippen molar-refractivity contribution in [2.45, 2.75) is 19.6 Å². The molecule has 0 saturated carbocycles. The molecule has 66 valence electrons. The average molecular weight is 168 g/mol. The fourth-order valence-electron chi connectivity index (χ4n) is 1.44. The Kier molecular flexibility index (Phi) is 2.10. The van der Waals surface area contributed by atoms with Gasteiger partial charge in [-0.15, -0.1) is 0 Å². The van der Waals surface area contributed by atoms with E-state index in [9.17, 15) is 0 Å². The minimum atomic E-state index is 0.542. The molecule has 0 bridgehead atoms. The second-order valence-electron chi connectivity index (χ2n) is 2.89. The zero-order valence-electron chi connectivity index (χ0n) is 7.09. The number of hydrogen-bond donors (Lipinski definition) is 1. The summed E-state index contributed by atoms with van der Waals surface area (Å²) in [6.07, 6.45) is 0.937. The van der Waals surface area contributed by atoms with Crippen molar-refractivity contribution in [3.05, 3.63) is 17.0 Å². The molecule has 2 heterocycles. The highest BCUT2D eigenvalue weighted by Crippen LogP contribution is 2.17. The summed E-state index contributed by atoms with van der Waals surface area (Å²) in [6, 6.07) is 0. The lowest BCUT2D eigenvalue weighted by Gasteiger charge is -2.10. The van der Waals surface area contributed by atoms with Crippen molar-refractivity contribution in [3.63, 3.8) is 0 Å². The molecule has 0 aromatic carbocycles. The first-order valence-electron chi connectivity index (χ1n) is 4.07. The van der Waals surface area contributed by atoms with Gasteiger partial charge in [-0.3, -0.25) is 0 Å². The van der Waals surface area contributed by atoms with Gasteiger partial charge in [0, 0.05) is 32.2 Å². The number of methoxy groups -OCH3 is 1. The topological polar surface area (TPSA) is 47.3 Å². The number of nitrogens with zero attached hydrogens (tertiary/aromatic N) is 1. The maximum atomic E-state index is 5.17. The Balaban J connectivity index is 2.25. The summed E-state index contributed by atoms with van der Waals surface area (Å²) in [7, 11) is 1.66. The summed E-state index contributed by atoms with van der Waals surface area (Å²) in [5.41, 5.74) is 2.11. The van der Waals surface area contributed by atoms with E-state index >= 15 is 0 Å². The van der Waals surface area contributed by atoms with Crippen molar-refractivity contribution in [1.29, 1.82) is 0 Å². The van der Waals surface area contributed by atoms with Crippen LogP contribution in [0.15, 0.2) is 4.52 Å². The van der Waals surface area contributed by atoms with Gasteiger partial charge in [-0.2, -0.15) is 0 Å². The summed E-state index contributed by atoms with van der Waals surface area (Å²) in [4.78, 5) is 0. The average Bonchev–Trinajstić information content (AvgIpc) is 2.50. The van der Waals surface area contributed by atoms with E-state index in [1.54, 1.807) is 7.11 Å². The van der Waals surface area contributed by atoms with Crippen molar-refractivity contribution in [3.8, 4) is 0 Å². The number of ether oxygens (including phenoxy) is 1. The van der Waals surface area contributed by atoms with Crippen molar-refractivity contribution >= 4 is 0 Å². The molecule has 2 rings (SSSR count). The zero-order valence-corrected chi connectivity index (χ0v) is 7.09. The molecule has 0 atom stereocenters. The van der Waals surface area contributed by atoms with E-state index in [1.165, 1.54) is 5.56 Å². The van der Waals surface area contributed by atoms with Crippen LogP contribution < -0.4 is 5.32 Å². The molecule has 1 N–H and O–H groups in total. The van der Waals surface area contributed by atoms with Crippen molar-refractivity contribution in [2.24, 2.45) is 0 Å². The molecule has 0 amide bonds. The Morgan fingerprint density at radius 1 is 1.67 bits per heavy atom. The lowest BCUT2D eigenvalue weighted by molar-refractivity contribution is 0.176. The van der Waals surface area contributed by atoms with Crippen molar-refractivity contribution in [1.82, 2.24) is 10.5 Å². The van der Waals surface area contributed by atoms with Crippen molar-refractivity contribution in [2.75, 3.05) is 13.7 Å². The Labute approximate surface area is 70.9 Å². The maximum Gasteiger partial charge on any atom is 0.142 e. The normalized spacial score (nSPS) is 16.1. The van der Waals surface area contributed by atoms with Crippen LogP contribution in [0.5, 0.6) is 0 Å². The molecule has 4 heteroatoms. The summed E-state index contributed by atoms with van der Waals surface area (Å²) < 4.78 is 10.2. The summed E-state index contributed by atoms with van der Waals surface area (Å²) in [6.45, 7) is 2.38. The molecule has 0 radical (unpaired) electrons. The Morgan fingerprint density at radius 2 is 2.58 bits per heavy atom. The Hall–Kier alpha value is -0.870. The minimum absolute atomic E-state index is 0.542. The first-order valence-corrected chi connectivity index (χ1v) is 4.07. The van der Waals surface area contributed by atoms with E-state index < -0.39 is 0 Å². The van der Waals surface area contributed by atoms with E-state index in [0.29, 0.717) is 6.61 Å². The fourth-order valence-corrected chi connectivity index (χ4v) is 1.44. The van der Waals surface area contributed by atoms with Gasteiger partial charge in [-0.05, 0) is 0 Å². The zero-order chi connectivity index (χ0) is 8.39. The summed E-state index contributed by atoms with van der Waals surface area (Å²) >= 11 is 0. The molecule has 4 nitrogen and oxygen atoms in total. The van der Waals surface area contributed by atoms with Gasteiger partial charge in [-0.25, -0.2) is 0 Å². The van der Waals surface area contributed by atoms with E-state index in [-0.39, 0.29) is 0 Å². The quantitative estimate of drug-likeness (QED) is 0.697. The monoisotopic (exact) mass is 168 g/mol. The number of fused-ring (bicyclic) bond motifs is 1. The van der Waals surface area contributed by atoms with Crippen LogP contribution in [0.25, 0.3) is 0 Å². The molecule has 1 aromatic heterocycles. The van der Waals surface area contributed by atoms with Crippen molar-refractivity contribution < 1.29 is 9.26 Å². The standard InChI is InChI=1S/C8H12N2O2/c1-11-5-7-6-4-9-3-2-8(6)12-10-7/h9H,2-5H2,1H3. The highest BCUT2D eigenvalue weighted by atomic mass is 16.5. The third-order valence-corrected chi connectivity index (χ3v) is 2.06. The highest BCUT2D eigenvalue weighted by molar-refractivity contribution is 5.24. The second kappa shape index (κ2) is 3.25. The number of aromatic nitrogens is 1. The van der Waals surface area contributed by atoms with Gasteiger partial charge in [0.1, 0.15) is 11.5 Å². The second-order valence-corrected chi connectivity index (χ2v) is 2.89. The van der Waals surface area contributed by atoms with Crippen LogP contribution in [0.1, 0.15) is 17.0 Å². The molecule has 1 aromatic rings. The third kappa shape index (κ3) is 1.23. The maximum absolute atomic E-state index is 5.17. The van der Waals surface area contributed by atoms with Crippen LogP contribution in [0.3, 0.4) is 0 Å². The predicted molar refractivity (Wildman–Crippen MR) is 42.6 cm³/mol. The van der Waals surface area contributed by atoms with Gasteiger partial charge >= 0.3 is 0 Å². The molecule has 0 saturated heterocycles. The summed E-state index contributed by atoms with van der Waals surface area (Å²) in [5.74, 6) is 1.01. The van der Waals surface area contributed by atoms with Gasteiger partial charge in [0.25, 0.3) is 0 Å². The minimum Gasteiger partial charge on any atom is -0.378 e. The van der Waals surface area contributed by atoms with Crippen LogP contribution in [-0.2, 0) is 24.3 Å². The predicted octanol–water partition coefficient (Wildman–Crippen LogP) is 0.467. The molecule has 0 spiro atoms. The molecule has 12 heavy (non-hydrogen) atoms. The number of nitrogens with one attached hydrogen (secondary N) is 1. The van der Waals surface area contributed by atoms with Crippen LogP contribution in [0.2, 0.25) is 0 Å². The molecule has 0 unspecified atom stereocenters. The Bertz CT molecular complexity index is 270. The van der Waals surface area contributed by atoms with E-state index in [0.717, 1.165) is 31.0 Å². The lowest BCUT2D eigenvalue weighted by atomic mass is 10.1. The van der Waals surface area contributed by atoms with E-state index in [4.69, 9.17) is 9.26 Å². The van der Waals surface area contributed by atoms with E-state index in [2.05, 4.69) is 10.5 Å². The summed E-state index contributed by atoms with van der Waals surface area (Å²) in [5, 5.41) is 7.22. The van der Waals surface area contributed by atoms with Crippen LogP contribution >= 0.6 is 0 Å². The lowest BCUT2D eigenvalue weighted by Crippen LogP contribution is -2.23. The first kappa shape index (κ1) is 7.76. The number of rotatable bonds is 2. The molecule has 0 fully saturated rings. The molecular formula is C8H12N2O2. The first-order chi connectivity index (χ1) is 5.92. The van der Waals surface area contributed by atoms with Crippen LogP contribution in [0, 0.1) is 0 Å². The molecule has 0 aliphatic carbocycles. The van der Waals surface area contributed by atoms with Gasteiger partial charge in [0.15, 0.2) is 0 Å². The van der Waals surface area contributed by atoms with Gasteiger partial charge in [-0.1, -0.05) is 5.16 Å². The Morgan fingerprint density at radius 3 is 3.42 bits per heavy atom. The van der Waals surface area contributed by atoms with Gasteiger partial charge in [0.2, 0.25) is 0 Å². The van der Waals surface area contributed by atoms with E-state index in [1.807, 2.05) is 0 Å².